The molecule has 1 aromatic rings. The Balaban J connectivity index is 2.63. The number of nitrogens with zero attached hydrogens (tertiary/aromatic N) is 1. The topological polar surface area (TPSA) is 49.8 Å². The Hall–Kier alpha value is -1.07. The van der Waals surface area contributed by atoms with Crippen LogP contribution in [-0.2, 0) is 0 Å². The summed E-state index contributed by atoms with van der Waals surface area (Å²) in [5, 5.41) is 8.91. The molecule has 0 amide bonds. The van der Waals surface area contributed by atoms with Crippen molar-refractivity contribution in [1.82, 2.24) is 4.90 Å². The predicted octanol–water partition coefficient (Wildman–Crippen LogP) is 1.70. The summed E-state index contributed by atoms with van der Waals surface area (Å²) in [5.74, 6) is -0.445. The Bertz CT molecular complexity index is 346. The van der Waals surface area contributed by atoms with Crippen LogP contribution in [0.3, 0.4) is 0 Å². The van der Waals surface area contributed by atoms with Crippen molar-refractivity contribution in [1.29, 1.82) is 0 Å². The van der Waals surface area contributed by atoms with Gasteiger partial charge in [-0.1, -0.05) is 0 Å². The molecule has 1 heterocycles. The molecular formula is C10H15NO3S. The summed E-state index contributed by atoms with van der Waals surface area (Å²) < 4.78 is 5.42. The smallest absolute Gasteiger partial charge is 0.349 e. The Labute approximate surface area is 93.1 Å². The van der Waals surface area contributed by atoms with Crippen LogP contribution in [-0.4, -0.2) is 43.2 Å². The van der Waals surface area contributed by atoms with Gasteiger partial charge in [0.2, 0.25) is 0 Å². The van der Waals surface area contributed by atoms with Crippen LogP contribution in [0.4, 0.5) is 0 Å². The molecule has 0 aliphatic heterocycles. The molecule has 0 spiro atoms. The third-order valence-electron chi connectivity index (χ3n) is 1.81. The summed E-state index contributed by atoms with van der Waals surface area (Å²) in [4.78, 5) is 14.1. The van der Waals surface area contributed by atoms with Crippen molar-refractivity contribution < 1.29 is 14.6 Å². The number of thiophene rings is 1. The number of aryl methyl sites for hydroxylation is 1. The molecule has 0 bridgehead atoms. The Morgan fingerprint density at radius 3 is 2.80 bits per heavy atom. The van der Waals surface area contributed by atoms with Crippen molar-refractivity contribution >= 4 is 17.3 Å². The molecule has 0 aliphatic rings. The minimum Gasteiger partial charge on any atom is -0.490 e. The van der Waals surface area contributed by atoms with Gasteiger partial charge in [-0.15, -0.1) is 11.3 Å². The van der Waals surface area contributed by atoms with E-state index in [2.05, 4.69) is 0 Å². The number of carbonyl (C=O) groups is 1. The summed E-state index contributed by atoms with van der Waals surface area (Å²) in [6.07, 6.45) is 0. The van der Waals surface area contributed by atoms with Gasteiger partial charge >= 0.3 is 5.97 Å². The summed E-state index contributed by atoms with van der Waals surface area (Å²) in [7, 11) is 3.89. The molecule has 1 aromatic heterocycles. The van der Waals surface area contributed by atoms with Gasteiger partial charge in [-0.05, 0) is 27.1 Å². The maximum atomic E-state index is 10.9. The van der Waals surface area contributed by atoms with E-state index in [4.69, 9.17) is 9.84 Å². The predicted molar refractivity (Wildman–Crippen MR) is 60.1 cm³/mol. The molecule has 15 heavy (non-hydrogen) atoms. The highest BCUT2D eigenvalue weighted by Crippen LogP contribution is 2.28. The standard InChI is InChI=1S/C10H15NO3S/c1-7-6-8(9(15-7)10(12)13)14-5-4-11(2)3/h6H,4-5H2,1-3H3,(H,12,13). The first-order valence-corrected chi connectivity index (χ1v) is 5.43. The van der Waals surface area contributed by atoms with Crippen LogP contribution < -0.4 is 4.74 Å². The summed E-state index contributed by atoms with van der Waals surface area (Å²) >= 11 is 1.24. The molecule has 5 heteroatoms. The van der Waals surface area contributed by atoms with Gasteiger partial charge in [0, 0.05) is 11.4 Å². The van der Waals surface area contributed by atoms with Gasteiger partial charge in [0.25, 0.3) is 0 Å². The van der Waals surface area contributed by atoms with Crippen LogP contribution in [0.5, 0.6) is 5.75 Å². The van der Waals surface area contributed by atoms with Gasteiger partial charge in [-0.3, -0.25) is 0 Å². The Morgan fingerprint density at radius 2 is 2.27 bits per heavy atom. The van der Waals surface area contributed by atoms with Crippen molar-refractivity contribution in [3.05, 3.63) is 15.8 Å². The quantitative estimate of drug-likeness (QED) is 0.834. The second-order valence-electron chi connectivity index (χ2n) is 3.51. The van der Waals surface area contributed by atoms with Gasteiger partial charge in [-0.25, -0.2) is 4.79 Å². The van der Waals surface area contributed by atoms with E-state index in [1.807, 2.05) is 25.9 Å². The molecule has 0 saturated carbocycles. The molecule has 1 rings (SSSR count). The summed E-state index contributed by atoms with van der Waals surface area (Å²) in [6, 6.07) is 1.77. The first kappa shape index (κ1) is 12.0. The highest BCUT2D eigenvalue weighted by Gasteiger charge is 2.14. The lowest BCUT2D eigenvalue weighted by atomic mass is 10.4. The van der Waals surface area contributed by atoms with Gasteiger partial charge in [0.1, 0.15) is 12.4 Å². The lowest BCUT2D eigenvalue weighted by molar-refractivity contribution is 0.0698. The monoisotopic (exact) mass is 229 g/mol. The molecular weight excluding hydrogens is 214 g/mol. The zero-order valence-electron chi connectivity index (χ0n) is 9.11. The molecule has 0 atom stereocenters. The fourth-order valence-corrected chi connectivity index (χ4v) is 1.88. The largest absolute Gasteiger partial charge is 0.490 e. The van der Waals surface area contributed by atoms with Crippen LogP contribution in [0.1, 0.15) is 14.5 Å². The highest BCUT2D eigenvalue weighted by molar-refractivity contribution is 7.14. The third-order valence-corrected chi connectivity index (χ3v) is 2.83. The minimum absolute atomic E-state index is 0.284. The SMILES string of the molecule is Cc1cc(OCCN(C)C)c(C(=O)O)s1. The Kier molecular flexibility index (Phi) is 4.11. The number of carboxylic acids is 1. The van der Waals surface area contributed by atoms with Crippen LogP contribution in [0, 0.1) is 6.92 Å². The number of rotatable bonds is 5. The van der Waals surface area contributed by atoms with E-state index in [9.17, 15) is 4.79 Å². The minimum atomic E-state index is -0.923. The van der Waals surface area contributed by atoms with Gasteiger partial charge < -0.3 is 14.7 Å². The molecule has 0 aromatic carbocycles. The molecule has 0 radical (unpaired) electrons. The van der Waals surface area contributed by atoms with Crippen molar-refractivity contribution in [3.63, 3.8) is 0 Å². The number of carboxylic acid groups (broad SMARTS) is 1. The van der Waals surface area contributed by atoms with Crippen molar-refractivity contribution in [3.8, 4) is 5.75 Å². The normalized spacial score (nSPS) is 10.7. The first-order valence-electron chi connectivity index (χ1n) is 4.62. The van der Waals surface area contributed by atoms with E-state index in [1.54, 1.807) is 6.07 Å². The van der Waals surface area contributed by atoms with Crippen LogP contribution in [0.25, 0.3) is 0 Å². The second kappa shape index (κ2) is 5.14. The highest BCUT2D eigenvalue weighted by atomic mass is 32.1. The number of hydrogen-bond donors (Lipinski definition) is 1. The first-order chi connectivity index (χ1) is 7.00. The van der Waals surface area contributed by atoms with Crippen LogP contribution in [0.2, 0.25) is 0 Å². The summed E-state index contributed by atoms with van der Waals surface area (Å²) in [6.45, 7) is 3.15. The zero-order chi connectivity index (χ0) is 11.4. The number of ether oxygens (including phenoxy) is 1. The van der Waals surface area contributed by atoms with Gasteiger partial charge in [-0.2, -0.15) is 0 Å². The van der Waals surface area contributed by atoms with Crippen molar-refractivity contribution in [2.24, 2.45) is 0 Å². The van der Waals surface area contributed by atoms with Gasteiger partial charge in [0.05, 0.1) is 0 Å². The maximum absolute atomic E-state index is 10.9. The molecule has 0 unspecified atom stereocenters. The zero-order valence-corrected chi connectivity index (χ0v) is 9.93. The second-order valence-corrected chi connectivity index (χ2v) is 4.76. The van der Waals surface area contributed by atoms with E-state index in [-0.39, 0.29) is 4.88 Å². The molecule has 84 valence electrons. The molecule has 0 aliphatic carbocycles. The van der Waals surface area contributed by atoms with E-state index in [1.165, 1.54) is 11.3 Å². The molecule has 0 fully saturated rings. The maximum Gasteiger partial charge on any atom is 0.349 e. The molecule has 1 N–H and O–H groups in total. The number of likely N-dealkylation sites (N-methyl/N-ethyl adjacent to an activating group) is 1. The summed E-state index contributed by atoms with van der Waals surface area (Å²) in [5.41, 5.74) is 0. The fraction of sp³-hybridized carbons (Fsp3) is 0.500. The molecule has 4 nitrogen and oxygen atoms in total. The van der Waals surface area contributed by atoms with E-state index < -0.39 is 5.97 Å². The van der Waals surface area contributed by atoms with Crippen molar-refractivity contribution in [2.45, 2.75) is 6.92 Å². The van der Waals surface area contributed by atoms with Crippen LogP contribution >= 0.6 is 11.3 Å². The fourth-order valence-electron chi connectivity index (χ4n) is 1.09. The van der Waals surface area contributed by atoms with E-state index in [0.29, 0.717) is 12.4 Å². The van der Waals surface area contributed by atoms with E-state index >= 15 is 0 Å². The number of hydrogen-bond acceptors (Lipinski definition) is 4. The average Bonchev–Trinajstić information content (AvgIpc) is 2.46. The third kappa shape index (κ3) is 3.53. The molecule has 0 saturated heterocycles. The number of aromatic carboxylic acids is 1. The van der Waals surface area contributed by atoms with Gasteiger partial charge in [0.15, 0.2) is 4.88 Å². The van der Waals surface area contributed by atoms with Crippen molar-refractivity contribution in [2.75, 3.05) is 27.2 Å². The van der Waals surface area contributed by atoms with Crippen LogP contribution in [0.15, 0.2) is 6.07 Å². The van der Waals surface area contributed by atoms with E-state index in [0.717, 1.165) is 11.4 Å². The average molecular weight is 229 g/mol. The Morgan fingerprint density at radius 1 is 1.60 bits per heavy atom. The lowest BCUT2D eigenvalue weighted by Crippen LogP contribution is -2.19. The lowest BCUT2D eigenvalue weighted by Gasteiger charge is -2.10.